The molecule has 1 fully saturated rings. The normalized spacial score (nSPS) is 22.7. The first-order chi connectivity index (χ1) is 12.2. The molecule has 0 bridgehead atoms. The first-order valence-corrected chi connectivity index (χ1v) is 9.59. The number of benzene rings is 1. The molecule has 1 spiro atoms. The molecule has 0 amide bonds. The predicted octanol–water partition coefficient (Wildman–Crippen LogP) is 3.60. The smallest absolute Gasteiger partial charge is 0.163 e. The van der Waals surface area contributed by atoms with Crippen LogP contribution in [0.3, 0.4) is 0 Å². The Hall–Kier alpha value is -1.53. The highest BCUT2D eigenvalue weighted by Crippen LogP contribution is 2.46. The maximum absolute atomic E-state index is 11.2. The molecule has 5 heteroatoms. The lowest BCUT2D eigenvalue weighted by molar-refractivity contribution is -0.226. The van der Waals surface area contributed by atoms with Gasteiger partial charge < -0.3 is 9.47 Å². The van der Waals surface area contributed by atoms with Gasteiger partial charge in [0.2, 0.25) is 0 Å². The fraction of sp³-hybridized carbons (Fsp3) is 0.450. The lowest BCUT2D eigenvalue weighted by atomic mass is 9.82. The third-order valence-corrected chi connectivity index (χ3v) is 6.40. The Morgan fingerprint density at radius 2 is 2.08 bits per heavy atom. The second-order valence-corrected chi connectivity index (χ2v) is 8.02. The zero-order valence-corrected chi connectivity index (χ0v) is 15.3. The molecule has 2 aromatic rings. The number of hydrogen-bond donors (Lipinski definition) is 0. The number of aldehydes is 1. The first kappa shape index (κ1) is 16.9. The molecule has 25 heavy (non-hydrogen) atoms. The second kappa shape index (κ2) is 7.00. The van der Waals surface area contributed by atoms with Crippen molar-refractivity contribution in [2.75, 3.05) is 20.2 Å². The third kappa shape index (κ3) is 3.29. The van der Waals surface area contributed by atoms with Gasteiger partial charge in [-0.15, -0.1) is 11.3 Å². The summed E-state index contributed by atoms with van der Waals surface area (Å²) in [7, 11) is 1.70. The Balaban J connectivity index is 1.53. The number of nitrogens with zero attached hydrogens (tertiary/aromatic N) is 1. The van der Waals surface area contributed by atoms with E-state index in [1.807, 2.05) is 6.07 Å². The topological polar surface area (TPSA) is 38.8 Å². The van der Waals surface area contributed by atoms with Gasteiger partial charge in [0.25, 0.3) is 0 Å². The minimum absolute atomic E-state index is 0.216. The average molecular weight is 357 g/mol. The maximum Gasteiger partial charge on any atom is 0.163 e. The zero-order valence-electron chi connectivity index (χ0n) is 14.4. The van der Waals surface area contributed by atoms with Crippen LogP contribution < -0.4 is 0 Å². The van der Waals surface area contributed by atoms with Gasteiger partial charge in [0.05, 0.1) is 10.5 Å². The molecule has 4 nitrogen and oxygen atoms in total. The molecule has 2 aliphatic heterocycles. The number of ether oxygens (including phenoxy) is 2. The van der Waals surface area contributed by atoms with Crippen molar-refractivity contribution in [1.82, 2.24) is 4.90 Å². The van der Waals surface area contributed by atoms with Crippen LogP contribution in [0.4, 0.5) is 0 Å². The van der Waals surface area contributed by atoms with E-state index < -0.39 is 0 Å². The number of likely N-dealkylation sites (tertiary alicyclic amines) is 1. The van der Waals surface area contributed by atoms with Crippen LogP contribution >= 0.6 is 11.3 Å². The highest BCUT2D eigenvalue weighted by Gasteiger charge is 2.45. The van der Waals surface area contributed by atoms with Crippen molar-refractivity contribution < 1.29 is 14.3 Å². The molecule has 1 aromatic carbocycles. The Bertz CT molecular complexity index is 735. The van der Waals surface area contributed by atoms with Crippen LogP contribution in [0.15, 0.2) is 36.4 Å². The predicted molar refractivity (Wildman–Crippen MR) is 97.9 cm³/mol. The maximum atomic E-state index is 11.2. The Kier molecular flexibility index (Phi) is 4.73. The quantitative estimate of drug-likeness (QED) is 0.784. The van der Waals surface area contributed by atoms with Crippen molar-refractivity contribution in [1.29, 1.82) is 0 Å². The molecule has 4 rings (SSSR count). The Morgan fingerprint density at radius 1 is 1.32 bits per heavy atom. The third-order valence-electron chi connectivity index (χ3n) is 5.32. The molecule has 0 aliphatic carbocycles. The fourth-order valence-electron chi connectivity index (χ4n) is 3.99. The summed E-state index contributed by atoms with van der Waals surface area (Å²) in [4.78, 5) is 15.7. The van der Waals surface area contributed by atoms with Gasteiger partial charge in [-0.2, -0.15) is 0 Å². The molecule has 1 saturated heterocycles. The van der Waals surface area contributed by atoms with Crippen LogP contribution in [0, 0.1) is 0 Å². The number of thiophene rings is 1. The van der Waals surface area contributed by atoms with Crippen LogP contribution in [-0.4, -0.2) is 37.7 Å². The molecule has 0 N–H and O–H groups in total. The zero-order chi connectivity index (χ0) is 17.3. The van der Waals surface area contributed by atoms with Crippen molar-refractivity contribution in [3.05, 3.63) is 57.3 Å². The number of methoxy groups -OCH3 is 1. The number of piperidine rings is 1. The summed E-state index contributed by atoms with van der Waals surface area (Å²) in [5, 5.41) is 0. The van der Waals surface area contributed by atoms with E-state index in [0.29, 0.717) is 0 Å². The number of hydrogen-bond acceptors (Lipinski definition) is 5. The van der Waals surface area contributed by atoms with Crippen molar-refractivity contribution in [2.24, 2.45) is 0 Å². The van der Waals surface area contributed by atoms with E-state index >= 15 is 0 Å². The van der Waals surface area contributed by atoms with Gasteiger partial charge in [-0.25, -0.2) is 0 Å². The molecule has 1 atom stereocenters. The van der Waals surface area contributed by atoms with Crippen LogP contribution in [-0.2, 0) is 28.0 Å². The van der Waals surface area contributed by atoms with Crippen LogP contribution in [0.2, 0.25) is 0 Å². The van der Waals surface area contributed by atoms with Gasteiger partial charge in [0.15, 0.2) is 12.6 Å². The van der Waals surface area contributed by atoms with E-state index in [-0.39, 0.29) is 11.9 Å². The number of carbonyl (C=O) groups is 1. The lowest BCUT2D eigenvalue weighted by Gasteiger charge is -2.46. The summed E-state index contributed by atoms with van der Waals surface area (Å²) in [6, 6.07) is 12.6. The van der Waals surface area contributed by atoms with Crippen molar-refractivity contribution in [3.8, 4) is 0 Å². The molecule has 3 heterocycles. The van der Waals surface area contributed by atoms with E-state index in [1.54, 1.807) is 18.4 Å². The van der Waals surface area contributed by atoms with Crippen molar-refractivity contribution in [2.45, 2.75) is 37.7 Å². The Labute approximate surface area is 152 Å². The largest absolute Gasteiger partial charge is 0.355 e. The summed E-state index contributed by atoms with van der Waals surface area (Å²) in [6.07, 6.45) is 3.33. The molecule has 1 aromatic heterocycles. The number of fused-ring (bicyclic) bond motifs is 2. The van der Waals surface area contributed by atoms with Crippen molar-refractivity contribution in [3.63, 3.8) is 0 Å². The molecular weight excluding hydrogens is 334 g/mol. The molecular formula is C20H23NO3S. The summed E-state index contributed by atoms with van der Waals surface area (Å²) in [5.41, 5.74) is 2.25. The van der Waals surface area contributed by atoms with Gasteiger partial charge in [0.1, 0.15) is 0 Å². The Morgan fingerprint density at radius 3 is 2.76 bits per heavy atom. The monoisotopic (exact) mass is 357 g/mol. The van der Waals surface area contributed by atoms with E-state index in [4.69, 9.17) is 9.47 Å². The van der Waals surface area contributed by atoms with Crippen molar-refractivity contribution >= 4 is 17.6 Å². The minimum atomic E-state index is -0.306. The fourth-order valence-corrected chi connectivity index (χ4v) is 5.07. The highest BCUT2D eigenvalue weighted by molar-refractivity contribution is 7.13. The standard InChI is InChI=1S/C20H23NO3S/c1-23-19-12-18-17(11-16(14-22)25-18)20(24-19)7-9-21(10-8-20)13-15-5-3-2-4-6-15/h2-6,11,14,19H,7-10,12-13H2,1H3. The van der Waals surface area contributed by atoms with Gasteiger partial charge >= 0.3 is 0 Å². The van der Waals surface area contributed by atoms with Gasteiger partial charge in [-0.05, 0) is 30.0 Å². The summed E-state index contributed by atoms with van der Waals surface area (Å²) in [6.45, 7) is 2.94. The molecule has 0 radical (unpaired) electrons. The van der Waals surface area contributed by atoms with E-state index in [9.17, 15) is 4.79 Å². The molecule has 1 unspecified atom stereocenters. The van der Waals surface area contributed by atoms with Crippen LogP contribution in [0.1, 0.15) is 38.5 Å². The molecule has 0 saturated carbocycles. The van der Waals surface area contributed by atoms with Crippen LogP contribution in [0.5, 0.6) is 0 Å². The summed E-state index contributed by atoms with van der Waals surface area (Å²) < 4.78 is 11.9. The lowest BCUT2D eigenvalue weighted by Crippen LogP contribution is -2.48. The molecule has 2 aliphatic rings. The van der Waals surface area contributed by atoms with E-state index in [0.717, 1.165) is 50.1 Å². The van der Waals surface area contributed by atoms with E-state index in [1.165, 1.54) is 16.0 Å². The number of carbonyl (C=O) groups excluding carboxylic acids is 1. The van der Waals surface area contributed by atoms with Gasteiger partial charge in [-0.1, -0.05) is 30.3 Å². The van der Waals surface area contributed by atoms with Crippen LogP contribution in [0.25, 0.3) is 0 Å². The SMILES string of the molecule is COC1Cc2sc(C=O)cc2C2(CCN(Cc3ccccc3)CC2)O1. The highest BCUT2D eigenvalue weighted by atomic mass is 32.1. The average Bonchev–Trinajstić information content (AvgIpc) is 3.09. The first-order valence-electron chi connectivity index (χ1n) is 8.78. The van der Waals surface area contributed by atoms with Gasteiger partial charge in [-0.3, -0.25) is 9.69 Å². The van der Waals surface area contributed by atoms with Gasteiger partial charge in [0, 0.05) is 38.0 Å². The molecule has 132 valence electrons. The summed E-state index contributed by atoms with van der Waals surface area (Å²) >= 11 is 1.58. The second-order valence-electron chi connectivity index (χ2n) is 6.85. The minimum Gasteiger partial charge on any atom is -0.355 e. The number of rotatable bonds is 4. The summed E-state index contributed by atoms with van der Waals surface area (Å²) in [5.74, 6) is 0. The van der Waals surface area contributed by atoms with E-state index in [2.05, 4.69) is 35.2 Å².